The van der Waals surface area contributed by atoms with Crippen LogP contribution < -0.4 is 0 Å². The van der Waals surface area contributed by atoms with Crippen molar-refractivity contribution in [2.45, 2.75) is 6.61 Å². The fraction of sp³-hybridized carbons (Fsp3) is 0.0526. The molecule has 4 heteroatoms. The van der Waals surface area contributed by atoms with Gasteiger partial charge in [-0.3, -0.25) is 4.98 Å². The Kier molecular flexibility index (Phi) is 4.96. The molecule has 3 nitrogen and oxygen atoms in total. The van der Waals surface area contributed by atoms with Gasteiger partial charge in [0.2, 0.25) is 0 Å². The van der Waals surface area contributed by atoms with E-state index in [1.165, 1.54) is 16.5 Å². The summed E-state index contributed by atoms with van der Waals surface area (Å²) in [6, 6.07) is 19.7. The summed E-state index contributed by atoms with van der Waals surface area (Å²) in [5, 5.41) is 0. The number of nitrogens with zero attached hydrogens (tertiary/aromatic N) is 1. The maximum Gasteiger partial charge on any atom is 0.331 e. The highest BCUT2D eigenvalue weighted by molar-refractivity contribution is 7.16. The lowest BCUT2D eigenvalue weighted by atomic mass is 10.2. The molecule has 0 N–H and O–H groups in total. The Hall–Kier alpha value is -2.72. The summed E-state index contributed by atoms with van der Waals surface area (Å²) >= 11 is 1.64. The van der Waals surface area contributed by atoms with Crippen molar-refractivity contribution in [3.8, 4) is 10.4 Å². The molecule has 0 atom stereocenters. The Morgan fingerprint density at radius 3 is 2.65 bits per heavy atom. The molecular formula is C19H15NO2S. The highest BCUT2D eigenvalue weighted by Crippen LogP contribution is 2.28. The standard InChI is InChI=1S/C19H15NO2S/c21-19(22-14-16-8-4-5-13-20-16)12-10-17-9-11-18(23-17)15-6-2-1-3-7-15/h1-13H,14H2/b12-10+. The van der Waals surface area contributed by atoms with E-state index in [9.17, 15) is 4.79 Å². The molecule has 0 aliphatic carbocycles. The van der Waals surface area contributed by atoms with Crippen LogP contribution in [0.1, 0.15) is 10.6 Å². The Bertz CT molecular complexity index is 795. The quantitative estimate of drug-likeness (QED) is 0.510. The van der Waals surface area contributed by atoms with Crippen molar-refractivity contribution in [3.63, 3.8) is 0 Å². The minimum absolute atomic E-state index is 0.184. The van der Waals surface area contributed by atoms with E-state index in [-0.39, 0.29) is 12.6 Å². The summed E-state index contributed by atoms with van der Waals surface area (Å²) in [5.74, 6) is -0.370. The number of ether oxygens (including phenoxy) is 1. The number of carbonyl (C=O) groups excluding carboxylic acids is 1. The Morgan fingerprint density at radius 1 is 1.04 bits per heavy atom. The van der Waals surface area contributed by atoms with Crippen LogP contribution in [-0.2, 0) is 16.1 Å². The van der Waals surface area contributed by atoms with Gasteiger partial charge in [-0.2, -0.15) is 0 Å². The Morgan fingerprint density at radius 2 is 1.87 bits per heavy atom. The molecule has 0 fully saturated rings. The topological polar surface area (TPSA) is 39.2 Å². The molecule has 0 aliphatic heterocycles. The molecule has 114 valence electrons. The number of esters is 1. The minimum Gasteiger partial charge on any atom is -0.456 e. The second-order valence-corrected chi connectivity index (χ2v) is 5.95. The van der Waals surface area contributed by atoms with Crippen molar-refractivity contribution in [1.29, 1.82) is 0 Å². The van der Waals surface area contributed by atoms with Crippen molar-refractivity contribution in [2.24, 2.45) is 0 Å². The van der Waals surface area contributed by atoms with Crippen molar-refractivity contribution >= 4 is 23.4 Å². The SMILES string of the molecule is O=C(/C=C/c1ccc(-c2ccccc2)s1)OCc1ccccn1. The second-order valence-electron chi connectivity index (χ2n) is 4.83. The molecule has 0 saturated heterocycles. The molecule has 0 saturated carbocycles. The van der Waals surface area contributed by atoms with Crippen LogP contribution in [-0.4, -0.2) is 11.0 Å². The maximum atomic E-state index is 11.7. The minimum atomic E-state index is -0.370. The van der Waals surface area contributed by atoms with Gasteiger partial charge in [-0.05, 0) is 35.9 Å². The highest BCUT2D eigenvalue weighted by Gasteiger charge is 2.02. The third-order valence-corrected chi connectivity index (χ3v) is 4.26. The van der Waals surface area contributed by atoms with Crippen LogP contribution in [0, 0.1) is 0 Å². The summed E-state index contributed by atoms with van der Waals surface area (Å²) in [4.78, 5) is 18.0. The van der Waals surface area contributed by atoms with E-state index in [1.54, 1.807) is 23.6 Å². The molecule has 2 aromatic heterocycles. The van der Waals surface area contributed by atoms with Gasteiger partial charge in [0.1, 0.15) is 6.61 Å². The number of rotatable bonds is 5. The van der Waals surface area contributed by atoms with E-state index in [0.29, 0.717) is 0 Å². The van der Waals surface area contributed by atoms with E-state index < -0.39 is 0 Å². The van der Waals surface area contributed by atoms with Crippen LogP contribution in [0.2, 0.25) is 0 Å². The number of pyridine rings is 1. The zero-order valence-corrected chi connectivity index (χ0v) is 13.2. The number of hydrogen-bond acceptors (Lipinski definition) is 4. The Balaban J connectivity index is 1.58. The van der Waals surface area contributed by atoms with E-state index >= 15 is 0 Å². The van der Waals surface area contributed by atoms with E-state index in [4.69, 9.17) is 4.74 Å². The highest BCUT2D eigenvalue weighted by atomic mass is 32.1. The molecule has 0 aliphatic rings. The van der Waals surface area contributed by atoms with Crippen molar-refractivity contribution in [3.05, 3.63) is 83.5 Å². The molecule has 3 aromatic rings. The van der Waals surface area contributed by atoms with Gasteiger partial charge in [-0.15, -0.1) is 11.3 Å². The van der Waals surface area contributed by atoms with Gasteiger partial charge in [0.05, 0.1) is 5.69 Å². The fourth-order valence-electron chi connectivity index (χ4n) is 2.03. The molecule has 0 bridgehead atoms. The van der Waals surface area contributed by atoms with Crippen molar-refractivity contribution < 1.29 is 9.53 Å². The first-order chi connectivity index (χ1) is 11.3. The van der Waals surface area contributed by atoms with Crippen LogP contribution in [0.3, 0.4) is 0 Å². The lowest BCUT2D eigenvalue weighted by molar-refractivity contribution is -0.139. The molecule has 0 unspecified atom stereocenters. The van der Waals surface area contributed by atoms with E-state index in [0.717, 1.165) is 10.6 Å². The van der Waals surface area contributed by atoms with Gasteiger partial charge < -0.3 is 4.74 Å². The van der Waals surface area contributed by atoms with Crippen LogP contribution in [0.25, 0.3) is 16.5 Å². The first-order valence-corrected chi connectivity index (χ1v) is 8.03. The number of benzene rings is 1. The average Bonchev–Trinajstić information content (AvgIpc) is 3.09. The van der Waals surface area contributed by atoms with E-state index in [1.807, 2.05) is 42.5 Å². The van der Waals surface area contributed by atoms with Gasteiger partial charge in [0.15, 0.2) is 0 Å². The van der Waals surface area contributed by atoms with Crippen molar-refractivity contribution in [1.82, 2.24) is 4.98 Å². The van der Waals surface area contributed by atoms with Gasteiger partial charge >= 0.3 is 5.97 Å². The van der Waals surface area contributed by atoms with Gasteiger partial charge in [-0.25, -0.2) is 4.79 Å². The summed E-state index contributed by atoms with van der Waals surface area (Å²) < 4.78 is 5.16. The van der Waals surface area contributed by atoms with Crippen LogP contribution >= 0.6 is 11.3 Å². The monoisotopic (exact) mass is 321 g/mol. The number of aromatic nitrogens is 1. The predicted molar refractivity (Wildman–Crippen MR) is 92.8 cm³/mol. The third-order valence-electron chi connectivity index (χ3n) is 3.16. The lowest BCUT2D eigenvalue weighted by Crippen LogP contribution is -2.01. The first kappa shape index (κ1) is 15.2. The summed E-state index contributed by atoms with van der Waals surface area (Å²) in [7, 11) is 0. The van der Waals surface area contributed by atoms with Gasteiger partial charge in [0, 0.05) is 22.0 Å². The largest absolute Gasteiger partial charge is 0.456 e. The van der Waals surface area contributed by atoms with Gasteiger partial charge in [-0.1, -0.05) is 36.4 Å². The number of carbonyl (C=O) groups is 1. The predicted octanol–water partition coefficient (Wildman–Crippen LogP) is 4.57. The molecule has 3 rings (SSSR count). The number of thiophene rings is 1. The van der Waals surface area contributed by atoms with E-state index in [2.05, 4.69) is 23.2 Å². The van der Waals surface area contributed by atoms with Crippen LogP contribution in [0.5, 0.6) is 0 Å². The summed E-state index contributed by atoms with van der Waals surface area (Å²) in [5.41, 5.74) is 1.91. The Labute approximate surface area is 138 Å². The number of hydrogen-bond donors (Lipinski definition) is 0. The summed E-state index contributed by atoms with van der Waals surface area (Å²) in [6.45, 7) is 0.184. The molecular weight excluding hydrogens is 306 g/mol. The normalized spacial score (nSPS) is 10.8. The third kappa shape index (κ3) is 4.37. The molecule has 0 amide bonds. The smallest absolute Gasteiger partial charge is 0.331 e. The van der Waals surface area contributed by atoms with Crippen molar-refractivity contribution in [2.75, 3.05) is 0 Å². The van der Waals surface area contributed by atoms with Gasteiger partial charge in [0.25, 0.3) is 0 Å². The maximum absolute atomic E-state index is 11.7. The molecule has 23 heavy (non-hydrogen) atoms. The summed E-state index contributed by atoms with van der Waals surface area (Å²) in [6.07, 6.45) is 4.90. The first-order valence-electron chi connectivity index (χ1n) is 7.21. The van der Waals surface area contributed by atoms with Crippen LogP contribution in [0.15, 0.2) is 72.9 Å². The second kappa shape index (κ2) is 7.51. The zero-order chi connectivity index (χ0) is 15.9. The molecule has 1 aromatic carbocycles. The molecule has 0 spiro atoms. The van der Waals surface area contributed by atoms with Crippen LogP contribution in [0.4, 0.5) is 0 Å². The zero-order valence-electron chi connectivity index (χ0n) is 12.4. The molecule has 0 radical (unpaired) electrons. The average molecular weight is 321 g/mol. The lowest BCUT2D eigenvalue weighted by Gasteiger charge is -2.00. The molecule has 2 heterocycles. The fourth-order valence-corrected chi connectivity index (χ4v) is 2.94.